The van der Waals surface area contributed by atoms with Gasteiger partial charge >= 0.3 is 5.97 Å². The van der Waals surface area contributed by atoms with Crippen molar-refractivity contribution in [3.8, 4) is 5.69 Å². The summed E-state index contributed by atoms with van der Waals surface area (Å²) in [7, 11) is 3.25. The minimum absolute atomic E-state index is 0.254. The molecule has 1 heterocycles. The van der Waals surface area contributed by atoms with E-state index in [0.29, 0.717) is 0 Å². The van der Waals surface area contributed by atoms with Gasteiger partial charge in [-0.25, -0.2) is 9.48 Å². The molecule has 0 saturated heterocycles. The zero-order valence-electron chi connectivity index (χ0n) is 19.4. The Balaban J connectivity index is 1.63. The summed E-state index contributed by atoms with van der Waals surface area (Å²) in [6, 6.07) is 21.9. The van der Waals surface area contributed by atoms with Gasteiger partial charge in [-0.05, 0) is 66.3 Å². The Kier molecular flexibility index (Phi) is 6.18. The van der Waals surface area contributed by atoms with Crippen molar-refractivity contribution in [2.45, 2.75) is 37.9 Å². The van der Waals surface area contributed by atoms with Crippen LogP contribution in [0.4, 0.5) is 0 Å². The summed E-state index contributed by atoms with van der Waals surface area (Å²) in [4.78, 5) is 11.4. The fourth-order valence-corrected chi connectivity index (χ4v) is 5.20. The van der Waals surface area contributed by atoms with Gasteiger partial charge in [0.2, 0.25) is 6.29 Å². The average Bonchev–Trinajstić information content (AvgIpc) is 3.26. The van der Waals surface area contributed by atoms with Crippen molar-refractivity contribution in [3.63, 3.8) is 0 Å². The molecular formula is C28H28N2O4. The number of nitrogens with zero attached hydrogens (tertiary/aromatic N) is 2. The highest BCUT2D eigenvalue weighted by atomic mass is 16.7. The summed E-state index contributed by atoms with van der Waals surface area (Å²) in [5, 5.41) is 16.8. The molecule has 0 fully saturated rings. The Bertz CT molecular complexity index is 1320. The predicted molar refractivity (Wildman–Crippen MR) is 131 cm³/mol. The quantitative estimate of drug-likeness (QED) is 0.362. The molecule has 1 N–H and O–H groups in total. The number of aromatic nitrogens is 2. The van der Waals surface area contributed by atoms with Crippen LogP contribution < -0.4 is 0 Å². The highest BCUT2D eigenvalue weighted by molar-refractivity contribution is 5.87. The number of benzene rings is 3. The summed E-state index contributed by atoms with van der Waals surface area (Å²) in [5.41, 5.74) is 5.54. The Labute approximate surface area is 198 Å². The molecule has 174 valence electrons. The Hall–Kier alpha value is -3.48. The molecule has 6 heteroatoms. The van der Waals surface area contributed by atoms with E-state index in [0.717, 1.165) is 42.8 Å². The molecule has 4 aromatic rings. The molecule has 0 saturated carbocycles. The Morgan fingerprint density at radius 2 is 1.79 bits per heavy atom. The highest BCUT2D eigenvalue weighted by Gasteiger charge is 2.32. The van der Waals surface area contributed by atoms with Crippen LogP contribution in [0.3, 0.4) is 0 Å². The minimum atomic E-state index is -0.942. The van der Waals surface area contributed by atoms with Gasteiger partial charge < -0.3 is 14.6 Å². The van der Waals surface area contributed by atoms with E-state index in [1.54, 1.807) is 26.4 Å². The van der Waals surface area contributed by atoms with E-state index in [2.05, 4.69) is 42.5 Å². The first-order valence-corrected chi connectivity index (χ1v) is 11.6. The first kappa shape index (κ1) is 22.3. The van der Waals surface area contributed by atoms with Crippen LogP contribution in [0.5, 0.6) is 0 Å². The number of fused-ring (bicyclic) bond motifs is 2. The lowest BCUT2D eigenvalue weighted by Crippen LogP contribution is -2.17. The van der Waals surface area contributed by atoms with Crippen molar-refractivity contribution in [2.75, 3.05) is 14.2 Å². The standard InChI is InChI=1S/C28H28N2O4/c1-33-28(34-2)25-24-12-6-10-21(17-20-9-5-8-18-7-3-4-11-23(18)20)26(24)30(29-25)22-15-13-19(14-16-22)27(31)32/h3-5,7-9,11,13-16,21,28H,6,10,12,17H2,1-2H3,(H,31,32). The monoisotopic (exact) mass is 456 g/mol. The number of carboxylic acid groups (broad SMARTS) is 1. The van der Waals surface area contributed by atoms with Gasteiger partial charge in [0.1, 0.15) is 5.69 Å². The second kappa shape index (κ2) is 9.41. The summed E-state index contributed by atoms with van der Waals surface area (Å²) >= 11 is 0. The molecule has 0 bridgehead atoms. The molecule has 0 aliphatic heterocycles. The van der Waals surface area contributed by atoms with Crippen molar-refractivity contribution < 1.29 is 19.4 Å². The number of carbonyl (C=O) groups is 1. The molecule has 6 nitrogen and oxygen atoms in total. The number of methoxy groups -OCH3 is 2. The zero-order valence-corrected chi connectivity index (χ0v) is 19.4. The van der Waals surface area contributed by atoms with E-state index in [1.807, 2.05) is 16.8 Å². The van der Waals surface area contributed by atoms with Crippen LogP contribution in [0.2, 0.25) is 0 Å². The average molecular weight is 457 g/mol. The third-order valence-electron chi connectivity index (χ3n) is 6.78. The molecule has 1 aliphatic rings. The summed E-state index contributed by atoms with van der Waals surface area (Å²) in [6.07, 6.45) is 3.38. The number of ether oxygens (including phenoxy) is 2. The first-order chi connectivity index (χ1) is 16.6. The number of hydrogen-bond donors (Lipinski definition) is 1. The van der Waals surface area contributed by atoms with Gasteiger partial charge in [-0.2, -0.15) is 5.10 Å². The topological polar surface area (TPSA) is 73.6 Å². The summed E-state index contributed by atoms with van der Waals surface area (Å²) in [5.74, 6) is -0.674. The van der Waals surface area contributed by atoms with Crippen molar-refractivity contribution in [3.05, 3.63) is 94.8 Å². The third-order valence-corrected chi connectivity index (χ3v) is 6.78. The van der Waals surface area contributed by atoms with Gasteiger partial charge in [-0.3, -0.25) is 0 Å². The lowest BCUT2D eigenvalue weighted by Gasteiger charge is -2.26. The van der Waals surface area contributed by atoms with Crippen LogP contribution in [0.25, 0.3) is 16.5 Å². The second-order valence-electron chi connectivity index (χ2n) is 8.75. The molecule has 0 spiro atoms. The van der Waals surface area contributed by atoms with Crippen LogP contribution >= 0.6 is 0 Å². The van der Waals surface area contributed by atoms with E-state index in [1.165, 1.54) is 21.9 Å². The molecule has 1 aliphatic carbocycles. The summed E-state index contributed by atoms with van der Waals surface area (Å²) in [6.45, 7) is 0. The van der Waals surface area contributed by atoms with Crippen LogP contribution in [0.1, 0.15) is 57.9 Å². The molecular weight excluding hydrogens is 428 g/mol. The summed E-state index contributed by atoms with van der Waals surface area (Å²) < 4.78 is 13.1. The molecule has 5 rings (SSSR count). The molecule has 1 unspecified atom stereocenters. The highest BCUT2D eigenvalue weighted by Crippen LogP contribution is 2.40. The van der Waals surface area contributed by atoms with Crippen LogP contribution in [-0.2, 0) is 22.3 Å². The predicted octanol–water partition coefficient (Wildman–Crippen LogP) is 5.68. The van der Waals surface area contributed by atoms with E-state index in [4.69, 9.17) is 14.6 Å². The minimum Gasteiger partial charge on any atom is -0.478 e. The molecule has 1 aromatic heterocycles. The molecule has 34 heavy (non-hydrogen) atoms. The Morgan fingerprint density at radius 3 is 2.53 bits per heavy atom. The van der Waals surface area contributed by atoms with Gasteiger partial charge in [0.25, 0.3) is 0 Å². The SMILES string of the molecule is COC(OC)c1nn(-c2ccc(C(=O)O)cc2)c2c1CCCC2Cc1cccc2ccccc12. The van der Waals surface area contributed by atoms with E-state index in [9.17, 15) is 9.90 Å². The van der Waals surface area contributed by atoms with Crippen molar-refractivity contribution in [1.29, 1.82) is 0 Å². The van der Waals surface area contributed by atoms with Crippen molar-refractivity contribution in [2.24, 2.45) is 0 Å². The van der Waals surface area contributed by atoms with Gasteiger partial charge in [0.15, 0.2) is 0 Å². The normalized spacial score (nSPS) is 15.6. The van der Waals surface area contributed by atoms with E-state index in [-0.39, 0.29) is 11.5 Å². The lowest BCUT2D eigenvalue weighted by atomic mass is 9.81. The number of aromatic carboxylic acids is 1. The fourth-order valence-electron chi connectivity index (χ4n) is 5.20. The largest absolute Gasteiger partial charge is 0.478 e. The van der Waals surface area contributed by atoms with Gasteiger partial charge in [-0.15, -0.1) is 0 Å². The maximum atomic E-state index is 11.4. The lowest BCUT2D eigenvalue weighted by molar-refractivity contribution is -0.109. The second-order valence-corrected chi connectivity index (χ2v) is 8.75. The maximum Gasteiger partial charge on any atom is 0.335 e. The zero-order chi connectivity index (χ0) is 23.7. The van der Waals surface area contributed by atoms with Crippen LogP contribution in [-0.4, -0.2) is 35.1 Å². The van der Waals surface area contributed by atoms with E-state index >= 15 is 0 Å². The van der Waals surface area contributed by atoms with E-state index < -0.39 is 12.3 Å². The van der Waals surface area contributed by atoms with Crippen LogP contribution in [0.15, 0.2) is 66.7 Å². The van der Waals surface area contributed by atoms with Gasteiger partial charge in [-0.1, -0.05) is 42.5 Å². The van der Waals surface area contributed by atoms with Gasteiger partial charge in [0.05, 0.1) is 16.9 Å². The van der Waals surface area contributed by atoms with Gasteiger partial charge in [0, 0.05) is 25.7 Å². The first-order valence-electron chi connectivity index (χ1n) is 11.6. The van der Waals surface area contributed by atoms with Crippen molar-refractivity contribution >= 4 is 16.7 Å². The number of carboxylic acids is 1. The molecule has 3 aromatic carbocycles. The smallest absolute Gasteiger partial charge is 0.335 e. The van der Waals surface area contributed by atoms with Crippen LogP contribution in [0, 0.1) is 0 Å². The number of rotatable bonds is 7. The number of hydrogen-bond acceptors (Lipinski definition) is 4. The molecule has 0 amide bonds. The Morgan fingerprint density at radius 1 is 1.06 bits per heavy atom. The maximum absolute atomic E-state index is 11.4. The molecule has 1 atom stereocenters. The van der Waals surface area contributed by atoms with Crippen molar-refractivity contribution in [1.82, 2.24) is 9.78 Å². The fraction of sp³-hybridized carbons (Fsp3) is 0.286. The molecule has 0 radical (unpaired) electrons. The third kappa shape index (κ3) is 4.00.